The van der Waals surface area contributed by atoms with Crippen molar-refractivity contribution in [3.63, 3.8) is 0 Å². The molecule has 0 saturated carbocycles. The van der Waals surface area contributed by atoms with Gasteiger partial charge >= 0.3 is 0 Å². The van der Waals surface area contributed by atoms with E-state index in [0.29, 0.717) is 5.69 Å². The second-order valence-corrected chi connectivity index (χ2v) is 10.5. The lowest BCUT2D eigenvalue weighted by atomic mass is 9.86. The summed E-state index contributed by atoms with van der Waals surface area (Å²) in [6.45, 7) is 11.8. The van der Waals surface area contributed by atoms with Crippen molar-refractivity contribution in [3.05, 3.63) is 65.2 Å². The number of nitrogens with one attached hydrogen (secondary N) is 1. The number of hydrogen-bond donors (Lipinski definition) is 1. The molecule has 0 spiro atoms. The molecule has 158 valence electrons. The molecular formula is C23H32N2O3S. The summed E-state index contributed by atoms with van der Waals surface area (Å²) >= 11 is 0. The Morgan fingerprint density at radius 2 is 1.62 bits per heavy atom. The number of benzene rings is 2. The van der Waals surface area contributed by atoms with Gasteiger partial charge in [-0.25, -0.2) is 8.42 Å². The fourth-order valence-corrected chi connectivity index (χ4v) is 4.43. The Balaban J connectivity index is 2.21. The monoisotopic (exact) mass is 416 g/mol. The van der Waals surface area contributed by atoms with Gasteiger partial charge in [-0.3, -0.25) is 9.10 Å². The van der Waals surface area contributed by atoms with Crippen LogP contribution in [0.4, 0.5) is 5.69 Å². The summed E-state index contributed by atoms with van der Waals surface area (Å²) in [6.07, 6.45) is 1.12. The average molecular weight is 417 g/mol. The van der Waals surface area contributed by atoms with Crippen LogP contribution in [0.5, 0.6) is 0 Å². The van der Waals surface area contributed by atoms with Gasteiger partial charge in [0.1, 0.15) is 6.04 Å². The number of amides is 1. The molecule has 0 aromatic heterocycles. The van der Waals surface area contributed by atoms with Crippen molar-refractivity contribution in [2.24, 2.45) is 0 Å². The molecule has 0 heterocycles. The molecule has 5 nitrogen and oxygen atoms in total. The van der Waals surface area contributed by atoms with Crippen molar-refractivity contribution in [2.45, 2.75) is 59.0 Å². The Bertz CT molecular complexity index is 960. The van der Waals surface area contributed by atoms with E-state index in [2.05, 4.69) is 38.2 Å². The first-order valence-corrected chi connectivity index (χ1v) is 11.6. The molecule has 0 radical (unpaired) electrons. The second-order valence-electron chi connectivity index (χ2n) is 8.68. The second kappa shape index (κ2) is 8.57. The van der Waals surface area contributed by atoms with Gasteiger partial charge in [0, 0.05) is 0 Å². The molecule has 0 aliphatic rings. The number of nitrogens with zero attached hydrogens (tertiary/aromatic N) is 1. The summed E-state index contributed by atoms with van der Waals surface area (Å²) < 4.78 is 26.0. The molecule has 0 aliphatic carbocycles. The van der Waals surface area contributed by atoms with Crippen molar-refractivity contribution in [2.75, 3.05) is 10.6 Å². The molecule has 2 rings (SSSR count). The maximum absolute atomic E-state index is 12.9. The van der Waals surface area contributed by atoms with Crippen molar-refractivity contribution < 1.29 is 13.2 Å². The van der Waals surface area contributed by atoms with Crippen molar-refractivity contribution in [1.82, 2.24) is 5.32 Å². The van der Waals surface area contributed by atoms with Crippen LogP contribution in [0.2, 0.25) is 0 Å². The maximum atomic E-state index is 12.9. The predicted octanol–water partition coefficient (Wildman–Crippen LogP) is 4.32. The summed E-state index contributed by atoms with van der Waals surface area (Å²) in [5.41, 5.74) is 3.66. The molecule has 6 heteroatoms. The van der Waals surface area contributed by atoms with E-state index in [9.17, 15) is 13.2 Å². The van der Waals surface area contributed by atoms with E-state index in [-0.39, 0.29) is 17.4 Å². The molecule has 0 unspecified atom stereocenters. The third-order valence-electron chi connectivity index (χ3n) is 4.98. The first kappa shape index (κ1) is 22.9. The minimum atomic E-state index is -3.63. The van der Waals surface area contributed by atoms with Gasteiger partial charge < -0.3 is 5.32 Å². The molecule has 2 aromatic rings. The SMILES string of the molecule is Cc1cccc(N([C@@H](C)C(=O)N[C@H](C)c2ccc(C(C)(C)C)cc2)S(C)(=O)=O)c1. The molecule has 29 heavy (non-hydrogen) atoms. The minimum Gasteiger partial charge on any atom is -0.348 e. The lowest BCUT2D eigenvalue weighted by Crippen LogP contribution is -2.48. The Morgan fingerprint density at radius 3 is 2.10 bits per heavy atom. The van der Waals surface area contributed by atoms with E-state index in [1.807, 2.05) is 32.0 Å². The van der Waals surface area contributed by atoms with Gasteiger partial charge in [-0.15, -0.1) is 0 Å². The van der Waals surface area contributed by atoms with E-state index >= 15 is 0 Å². The number of hydrogen-bond acceptors (Lipinski definition) is 3. The van der Waals surface area contributed by atoms with Gasteiger partial charge in [-0.1, -0.05) is 57.2 Å². The van der Waals surface area contributed by atoms with Crippen molar-refractivity contribution >= 4 is 21.6 Å². The van der Waals surface area contributed by atoms with E-state index in [0.717, 1.165) is 17.4 Å². The summed E-state index contributed by atoms with van der Waals surface area (Å²) in [4.78, 5) is 12.9. The topological polar surface area (TPSA) is 66.5 Å². The smallest absolute Gasteiger partial charge is 0.244 e. The summed E-state index contributed by atoms with van der Waals surface area (Å²) in [7, 11) is -3.63. The number of sulfonamides is 1. The molecular weight excluding hydrogens is 384 g/mol. The van der Waals surface area contributed by atoms with Crippen LogP contribution in [0.1, 0.15) is 57.4 Å². The molecule has 2 atom stereocenters. The van der Waals surface area contributed by atoms with Gasteiger partial charge in [-0.2, -0.15) is 0 Å². The van der Waals surface area contributed by atoms with Gasteiger partial charge in [0.05, 0.1) is 18.0 Å². The number of rotatable bonds is 6. The zero-order valence-electron chi connectivity index (χ0n) is 18.4. The first-order valence-electron chi connectivity index (χ1n) is 9.77. The Kier molecular flexibility index (Phi) is 6.78. The van der Waals surface area contributed by atoms with Crippen LogP contribution in [0.15, 0.2) is 48.5 Å². The van der Waals surface area contributed by atoms with Crippen molar-refractivity contribution in [1.29, 1.82) is 0 Å². The fraction of sp³-hybridized carbons (Fsp3) is 0.435. The number of aryl methyl sites for hydroxylation is 1. The van der Waals surface area contributed by atoms with Crippen LogP contribution in [0.25, 0.3) is 0 Å². The van der Waals surface area contributed by atoms with E-state index in [4.69, 9.17) is 0 Å². The molecule has 2 aromatic carbocycles. The van der Waals surface area contributed by atoms with Crippen molar-refractivity contribution in [3.8, 4) is 0 Å². The zero-order chi connectivity index (χ0) is 22.0. The molecule has 1 amide bonds. The number of anilines is 1. The standard InChI is InChI=1S/C23H32N2O3S/c1-16-9-8-10-21(15-16)25(29(7,27)28)18(3)22(26)24-17(2)19-11-13-20(14-12-19)23(4,5)6/h8-15,17-18H,1-7H3,(H,24,26)/t17-,18+/m1/s1. The molecule has 0 bridgehead atoms. The van der Waals surface area contributed by atoms with Gasteiger partial charge in [0.2, 0.25) is 15.9 Å². The van der Waals surface area contributed by atoms with E-state index < -0.39 is 16.1 Å². The highest BCUT2D eigenvalue weighted by atomic mass is 32.2. The van der Waals surface area contributed by atoms with E-state index in [1.165, 1.54) is 9.87 Å². The van der Waals surface area contributed by atoms with Gasteiger partial charge in [0.25, 0.3) is 0 Å². The predicted molar refractivity (Wildman–Crippen MR) is 120 cm³/mol. The highest BCUT2D eigenvalue weighted by Gasteiger charge is 2.30. The Hall–Kier alpha value is -2.34. The lowest BCUT2D eigenvalue weighted by Gasteiger charge is -2.29. The van der Waals surface area contributed by atoms with Gasteiger partial charge in [-0.05, 0) is 55.0 Å². The minimum absolute atomic E-state index is 0.0589. The largest absolute Gasteiger partial charge is 0.348 e. The highest BCUT2D eigenvalue weighted by Crippen LogP contribution is 2.25. The van der Waals surface area contributed by atoms with Crippen LogP contribution in [0, 0.1) is 6.92 Å². The summed E-state index contributed by atoms with van der Waals surface area (Å²) in [5.74, 6) is -0.343. The first-order chi connectivity index (χ1) is 13.3. The maximum Gasteiger partial charge on any atom is 0.244 e. The molecule has 1 N–H and O–H groups in total. The van der Waals surface area contributed by atoms with Crippen LogP contribution in [-0.4, -0.2) is 26.6 Å². The van der Waals surface area contributed by atoms with Crippen LogP contribution in [0.3, 0.4) is 0 Å². The van der Waals surface area contributed by atoms with Crippen LogP contribution in [-0.2, 0) is 20.2 Å². The number of carbonyl (C=O) groups excluding carboxylic acids is 1. The molecule has 0 fully saturated rings. The summed E-state index contributed by atoms with van der Waals surface area (Å²) in [5, 5.41) is 2.95. The van der Waals surface area contributed by atoms with Crippen LogP contribution >= 0.6 is 0 Å². The van der Waals surface area contributed by atoms with Gasteiger partial charge in [0.15, 0.2) is 0 Å². The zero-order valence-corrected chi connectivity index (χ0v) is 19.2. The highest BCUT2D eigenvalue weighted by molar-refractivity contribution is 7.92. The third-order valence-corrected chi connectivity index (χ3v) is 6.22. The normalized spacial score (nSPS) is 14.2. The van der Waals surface area contributed by atoms with Crippen LogP contribution < -0.4 is 9.62 Å². The average Bonchev–Trinajstić information content (AvgIpc) is 2.60. The lowest BCUT2D eigenvalue weighted by molar-refractivity contribution is -0.122. The molecule has 0 aliphatic heterocycles. The Labute approximate surface area is 175 Å². The fourth-order valence-electron chi connectivity index (χ4n) is 3.26. The quantitative estimate of drug-likeness (QED) is 0.762. The molecule has 0 saturated heterocycles. The Morgan fingerprint density at radius 1 is 1.03 bits per heavy atom. The third kappa shape index (κ3) is 5.82. The van der Waals surface area contributed by atoms with E-state index in [1.54, 1.807) is 25.1 Å². The summed E-state index contributed by atoms with van der Waals surface area (Å²) in [6, 6.07) is 14.2. The number of carbonyl (C=O) groups is 1.